The summed E-state index contributed by atoms with van der Waals surface area (Å²) in [4.78, 5) is 15.0. The molecule has 1 fully saturated rings. The highest BCUT2D eigenvalue weighted by molar-refractivity contribution is 6.31. The Kier molecular flexibility index (Phi) is 5.65. The summed E-state index contributed by atoms with van der Waals surface area (Å²) >= 11 is 6.41. The number of nitrogens with zero attached hydrogens (tertiary/aromatic N) is 5. The molecule has 2 atom stereocenters. The van der Waals surface area contributed by atoms with Crippen molar-refractivity contribution in [2.24, 2.45) is 4.99 Å². The van der Waals surface area contributed by atoms with Crippen LogP contribution in [0.4, 0.5) is 0 Å². The lowest BCUT2D eigenvalue weighted by molar-refractivity contribution is -0.0399. The van der Waals surface area contributed by atoms with Gasteiger partial charge >= 0.3 is 0 Å². The van der Waals surface area contributed by atoms with Gasteiger partial charge in [-0.15, -0.1) is 0 Å². The number of ether oxygens (including phenoxy) is 2. The van der Waals surface area contributed by atoms with E-state index in [-0.39, 0.29) is 12.2 Å². The van der Waals surface area contributed by atoms with E-state index in [2.05, 4.69) is 21.2 Å². The van der Waals surface area contributed by atoms with Gasteiger partial charge in [0.05, 0.1) is 42.4 Å². The monoisotopic (exact) mass is 482 g/mol. The van der Waals surface area contributed by atoms with Gasteiger partial charge in [-0.25, -0.2) is 20.3 Å². The molecule has 3 aliphatic heterocycles. The molecule has 0 amide bonds. The molecular weight excluding hydrogens is 456 g/mol. The number of hydrogen-bond donors (Lipinski definition) is 1. The Morgan fingerprint density at radius 3 is 3.03 bits per heavy atom. The molecule has 3 aliphatic rings. The molecule has 0 bridgehead atoms. The molecule has 3 aromatic rings. The van der Waals surface area contributed by atoms with E-state index in [1.165, 1.54) is 0 Å². The zero-order valence-corrected chi connectivity index (χ0v) is 20.0. The van der Waals surface area contributed by atoms with E-state index in [1.54, 1.807) is 0 Å². The predicted octanol–water partition coefficient (Wildman–Crippen LogP) is 3.50. The van der Waals surface area contributed by atoms with E-state index in [9.17, 15) is 0 Å². The molecular formula is C24H27ClN6O3. The van der Waals surface area contributed by atoms with Crippen molar-refractivity contribution in [2.45, 2.75) is 58.1 Å². The maximum Gasteiger partial charge on any atom is 0.200 e. The lowest BCUT2D eigenvalue weighted by Gasteiger charge is -2.11. The SMILES string of the molecule is CC(C)OCC1N=C(c2ncn3c2Cc2cn(CC4CCCO4)nc2-c2cc(Cl)ccc2-3)NO1. The Labute approximate surface area is 202 Å². The molecule has 178 valence electrons. The second-order valence-corrected chi connectivity index (χ2v) is 9.58. The van der Waals surface area contributed by atoms with Gasteiger partial charge in [0.2, 0.25) is 6.23 Å². The average Bonchev–Trinajstić information content (AvgIpc) is 3.60. The van der Waals surface area contributed by atoms with Crippen molar-refractivity contribution in [1.82, 2.24) is 24.8 Å². The van der Waals surface area contributed by atoms with Gasteiger partial charge < -0.3 is 14.0 Å². The van der Waals surface area contributed by atoms with E-state index < -0.39 is 6.23 Å². The van der Waals surface area contributed by atoms with Crippen molar-refractivity contribution in [3.8, 4) is 16.9 Å². The van der Waals surface area contributed by atoms with Crippen LogP contribution in [-0.2, 0) is 27.3 Å². The number of aromatic nitrogens is 4. The topological polar surface area (TPSA) is 87.7 Å². The highest BCUT2D eigenvalue weighted by Gasteiger charge is 2.30. The molecule has 5 heterocycles. The first-order chi connectivity index (χ1) is 16.5. The second kappa shape index (κ2) is 8.81. The van der Waals surface area contributed by atoms with Crippen molar-refractivity contribution in [1.29, 1.82) is 0 Å². The molecule has 0 aliphatic carbocycles. The molecule has 10 heteroatoms. The van der Waals surface area contributed by atoms with E-state index in [1.807, 2.05) is 43.1 Å². The summed E-state index contributed by atoms with van der Waals surface area (Å²) in [5, 5.41) is 5.63. The van der Waals surface area contributed by atoms with Crippen molar-refractivity contribution in [2.75, 3.05) is 13.2 Å². The number of hydroxylamine groups is 1. The molecule has 0 saturated carbocycles. The summed E-state index contributed by atoms with van der Waals surface area (Å²) in [6.07, 6.45) is 6.68. The maximum atomic E-state index is 6.41. The summed E-state index contributed by atoms with van der Waals surface area (Å²) in [5.74, 6) is 0.608. The van der Waals surface area contributed by atoms with Crippen LogP contribution in [0.3, 0.4) is 0 Å². The maximum absolute atomic E-state index is 6.41. The molecule has 34 heavy (non-hydrogen) atoms. The van der Waals surface area contributed by atoms with E-state index in [0.29, 0.717) is 23.9 Å². The van der Waals surface area contributed by atoms with Crippen LogP contribution >= 0.6 is 11.6 Å². The largest absolute Gasteiger partial charge is 0.376 e. The van der Waals surface area contributed by atoms with Crippen LogP contribution in [0.25, 0.3) is 16.9 Å². The van der Waals surface area contributed by atoms with Gasteiger partial charge in [-0.05, 0) is 44.9 Å². The standard InChI is InChI=1S/C24H27ClN6O3/c1-14(2)33-12-21-27-24(29-34-21)23-20-8-15-10-30(11-17-4-3-7-32-17)28-22(15)18-9-16(25)5-6-19(18)31(20)13-26-23/h5-6,9-10,13-14,17,21H,3-4,7-8,11-12H2,1-2H3,(H,27,29). The van der Waals surface area contributed by atoms with Crippen molar-refractivity contribution >= 4 is 17.4 Å². The number of amidine groups is 1. The average molecular weight is 483 g/mol. The predicted molar refractivity (Wildman–Crippen MR) is 127 cm³/mol. The number of aliphatic imine (C=N–C) groups is 1. The second-order valence-electron chi connectivity index (χ2n) is 9.14. The molecule has 1 N–H and O–H groups in total. The number of imidazole rings is 1. The van der Waals surface area contributed by atoms with Crippen LogP contribution < -0.4 is 5.48 Å². The highest BCUT2D eigenvalue weighted by Crippen LogP contribution is 2.37. The lowest BCUT2D eigenvalue weighted by atomic mass is 10.0. The molecule has 0 spiro atoms. The summed E-state index contributed by atoms with van der Waals surface area (Å²) < 4.78 is 15.6. The fourth-order valence-corrected chi connectivity index (χ4v) is 4.89. The Morgan fingerprint density at radius 1 is 1.29 bits per heavy atom. The lowest BCUT2D eigenvalue weighted by Crippen LogP contribution is -2.23. The number of hydrogen-bond acceptors (Lipinski definition) is 7. The van der Waals surface area contributed by atoms with Gasteiger partial charge in [-0.1, -0.05) is 11.6 Å². The summed E-state index contributed by atoms with van der Waals surface area (Å²) in [6.45, 7) is 5.93. The number of halogens is 1. The number of benzene rings is 1. The molecule has 1 saturated heterocycles. The van der Waals surface area contributed by atoms with Crippen LogP contribution in [0, 0.1) is 0 Å². The van der Waals surface area contributed by atoms with Crippen LogP contribution in [0.5, 0.6) is 0 Å². The van der Waals surface area contributed by atoms with Crippen LogP contribution in [0.15, 0.2) is 35.7 Å². The smallest absolute Gasteiger partial charge is 0.200 e. The highest BCUT2D eigenvalue weighted by atomic mass is 35.5. The molecule has 2 aromatic heterocycles. The first-order valence-electron chi connectivity index (χ1n) is 11.7. The number of fused-ring (bicyclic) bond motifs is 5. The van der Waals surface area contributed by atoms with Crippen LogP contribution in [0.1, 0.15) is 43.6 Å². The van der Waals surface area contributed by atoms with E-state index >= 15 is 0 Å². The quantitative estimate of drug-likeness (QED) is 0.452. The Hall–Kier alpha value is -2.72. The van der Waals surface area contributed by atoms with Gasteiger partial charge in [0, 0.05) is 35.4 Å². The summed E-state index contributed by atoms with van der Waals surface area (Å²) in [5.41, 5.74) is 8.74. The van der Waals surface area contributed by atoms with Gasteiger partial charge in [0.1, 0.15) is 12.0 Å². The fraction of sp³-hybridized carbons (Fsp3) is 0.458. The summed E-state index contributed by atoms with van der Waals surface area (Å²) in [6, 6.07) is 5.88. The molecule has 9 nitrogen and oxygen atoms in total. The molecule has 0 radical (unpaired) electrons. The van der Waals surface area contributed by atoms with Gasteiger partial charge in [0.25, 0.3) is 0 Å². The van der Waals surface area contributed by atoms with Crippen LogP contribution in [-0.4, -0.2) is 56.8 Å². The minimum atomic E-state index is -0.406. The fourth-order valence-electron chi connectivity index (χ4n) is 4.72. The zero-order valence-electron chi connectivity index (χ0n) is 19.2. The van der Waals surface area contributed by atoms with Gasteiger partial charge in [-0.3, -0.25) is 4.68 Å². The third kappa shape index (κ3) is 4.02. The van der Waals surface area contributed by atoms with Gasteiger partial charge in [0.15, 0.2) is 5.84 Å². The normalized spacial score (nSPS) is 21.1. The number of nitrogens with one attached hydrogen (secondary N) is 1. The third-order valence-electron chi connectivity index (χ3n) is 6.31. The minimum Gasteiger partial charge on any atom is -0.376 e. The van der Waals surface area contributed by atoms with E-state index in [0.717, 1.165) is 59.9 Å². The first-order valence-corrected chi connectivity index (χ1v) is 12.1. The molecule has 1 aromatic carbocycles. The van der Waals surface area contributed by atoms with Crippen LogP contribution in [0.2, 0.25) is 5.02 Å². The first kappa shape index (κ1) is 21.8. The zero-order chi connectivity index (χ0) is 23.2. The van der Waals surface area contributed by atoms with Crippen molar-refractivity contribution in [3.63, 3.8) is 0 Å². The molecule has 6 rings (SSSR count). The van der Waals surface area contributed by atoms with Crippen molar-refractivity contribution < 1.29 is 14.3 Å². The Morgan fingerprint density at radius 2 is 2.21 bits per heavy atom. The minimum absolute atomic E-state index is 0.111. The summed E-state index contributed by atoms with van der Waals surface area (Å²) in [7, 11) is 0. The number of rotatable bonds is 6. The Bertz CT molecular complexity index is 1240. The third-order valence-corrected chi connectivity index (χ3v) is 6.55. The molecule has 2 unspecified atom stereocenters. The van der Waals surface area contributed by atoms with E-state index in [4.69, 9.17) is 36.0 Å². The Balaban J connectivity index is 1.38. The van der Waals surface area contributed by atoms with Crippen molar-refractivity contribution in [3.05, 3.63) is 52.7 Å². The van der Waals surface area contributed by atoms with Gasteiger partial charge in [-0.2, -0.15) is 5.10 Å².